The summed E-state index contributed by atoms with van der Waals surface area (Å²) in [6.07, 6.45) is 6.91. The summed E-state index contributed by atoms with van der Waals surface area (Å²) in [7, 11) is 0. The van der Waals surface area contributed by atoms with Crippen molar-refractivity contribution in [2.75, 3.05) is 13.1 Å². The third kappa shape index (κ3) is 5.21. The van der Waals surface area contributed by atoms with E-state index in [2.05, 4.69) is 54.4 Å². The van der Waals surface area contributed by atoms with E-state index in [1.807, 2.05) is 29.1 Å². The monoisotopic (exact) mass is 353 g/mol. The van der Waals surface area contributed by atoms with Crippen LogP contribution in [0, 0.1) is 5.92 Å². The highest BCUT2D eigenvalue weighted by atomic mass is 16.2. The first-order valence-electron chi connectivity index (χ1n) is 9.81. The number of aromatic nitrogens is 1. The third-order valence-electron chi connectivity index (χ3n) is 5.17. The Bertz CT molecular complexity index is 658. The van der Waals surface area contributed by atoms with Crippen molar-refractivity contribution in [2.24, 2.45) is 5.92 Å². The molecule has 0 saturated carbocycles. The molecule has 3 rings (SSSR count). The van der Waals surface area contributed by atoms with Crippen LogP contribution in [0.4, 0.5) is 0 Å². The van der Waals surface area contributed by atoms with Crippen LogP contribution >= 0.6 is 0 Å². The van der Waals surface area contributed by atoms with Crippen LogP contribution in [0.5, 0.6) is 0 Å². The average molecular weight is 354 g/mol. The van der Waals surface area contributed by atoms with Crippen LogP contribution in [-0.2, 0) is 11.3 Å². The van der Waals surface area contributed by atoms with E-state index in [0.29, 0.717) is 12.0 Å². The van der Waals surface area contributed by atoms with Gasteiger partial charge in [-0.05, 0) is 42.9 Å². The second-order valence-corrected chi connectivity index (χ2v) is 7.82. The van der Waals surface area contributed by atoms with Gasteiger partial charge >= 0.3 is 0 Å². The van der Waals surface area contributed by atoms with E-state index in [9.17, 15) is 4.79 Å². The van der Waals surface area contributed by atoms with Gasteiger partial charge in [-0.1, -0.05) is 44.2 Å². The number of carbonyl (C=O) groups is 1. The molecule has 4 nitrogen and oxygen atoms in total. The summed E-state index contributed by atoms with van der Waals surface area (Å²) in [5, 5.41) is 3.31. The molecule has 0 radical (unpaired) electrons. The first kappa shape index (κ1) is 18.7. The number of nitrogens with one attached hydrogen (secondary N) is 1. The standard InChI is InChI=1S/C22H31N3O/c1-18(2)16-21(25-12-6-7-13-25)22(26)23-20-10-14-24(15-11-20)17-19-8-4-3-5-9-19/h3-9,12-13,18,20-21H,10-11,14-17H2,1-2H3,(H,23,26)/t21-/m1/s1. The van der Waals surface area contributed by atoms with Crippen LogP contribution in [0.3, 0.4) is 0 Å². The summed E-state index contributed by atoms with van der Waals surface area (Å²) >= 11 is 0. The van der Waals surface area contributed by atoms with Gasteiger partial charge in [0.2, 0.25) is 5.91 Å². The average Bonchev–Trinajstić information content (AvgIpc) is 3.16. The molecule has 1 fully saturated rings. The van der Waals surface area contributed by atoms with Crippen molar-refractivity contribution >= 4 is 5.91 Å². The highest BCUT2D eigenvalue weighted by Gasteiger charge is 2.26. The lowest BCUT2D eigenvalue weighted by atomic mass is 10.0. The number of likely N-dealkylation sites (tertiary alicyclic amines) is 1. The first-order chi connectivity index (χ1) is 12.6. The normalized spacial score (nSPS) is 17.3. The van der Waals surface area contributed by atoms with Crippen LogP contribution in [0.15, 0.2) is 54.9 Å². The van der Waals surface area contributed by atoms with Crippen LogP contribution in [-0.4, -0.2) is 34.5 Å². The first-order valence-corrected chi connectivity index (χ1v) is 9.81. The molecule has 0 aliphatic carbocycles. The van der Waals surface area contributed by atoms with Crippen molar-refractivity contribution in [2.45, 2.75) is 51.7 Å². The van der Waals surface area contributed by atoms with E-state index >= 15 is 0 Å². The van der Waals surface area contributed by atoms with E-state index in [1.54, 1.807) is 0 Å². The van der Waals surface area contributed by atoms with E-state index in [1.165, 1.54) is 5.56 Å². The number of amides is 1. The molecule has 4 heteroatoms. The maximum Gasteiger partial charge on any atom is 0.243 e. The molecule has 26 heavy (non-hydrogen) atoms. The summed E-state index contributed by atoms with van der Waals surface area (Å²) in [6, 6.07) is 14.8. The molecule has 1 N–H and O–H groups in total. The Labute approximate surface area is 157 Å². The molecule has 1 saturated heterocycles. The number of hydrogen-bond acceptors (Lipinski definition) is 2. The van der Waals surface area contributed by atoms with Gasteiger partial charge in [-0.15, -0.1) is 0 Å². The minimum absolute atomic E-state index is 0.104. The van der Waals surface area contributed by atoms with Gasteiger partial charge in [-0.2, -0.15) is 0 Å². The summed E-state index contributed by atoms with van der Waals surface area (Å²) in [4.78, 5) is 15.4. The Morgan fingerprint density at radius 3 is 2.35 bits per heavy atom. The molecule has 1 aliphatic heterocycles. The minimum atomic E-state index is -0.104. The molecule has 140 valence electrons. The molecule has 1 aliphatic rings. The quantitative estimate of drug-likeness (QED) is 0.821. The highest BCUT2D eigenvalue weighted by Crippen LogP contribution is 2.20. The van der Waals surface area contributed by atoms with Gasteiger partial charge in [0, 0.05) is 38.1 Å². The van der Waals surface area contributed by atoms with Crippen molar-refractivity contribution in [3.63, 3.8) is 0 Å². The van der Waals surface area contributed by atoms with E-state index in [4.69, 9.17) is 0 Å². The van der Waals surface area contributed by atoms with E-state index in [0.717, 1.165) is 38.9 Å². The summed E-state index contributed by atoms with van der Waals surface area (Å²) in [5.74, 6) is 0.650. The molecule has 1 atom stereocenters. The van der Waals surface area contributed by atoms with Gasteiger partial charge in [-0.25, -0.2) is 0 Å². The molecule has 0 unspecified atom stereocenters. The van der Waals surface area contributed by atoms with Crippen molar-refractivity contribution in [1.82, 2.24) is 14.8 Å². The fourth-order valence-corrected chi connectivity index (χ4v) is 3.74. The SMILES string of the molecule is CC(C)C[C@H](C(=O)NC1CCN(Cc2ccccc2)CC1)n1cccc1. The molecule has 2 heterocycles. The molecule has 2 aromatic rings. The second kappa shape index (κ2) is 9.04. The molecule has 0 spiro atoms. The summed E-state index contributed by atoms with van der Waals surface area (Å²) in [5.41, 5.74) is 1.36. The summed E-state index contributed by atoms with van der Waals surface area (Å²) < 4.78 is 2.04. The molecule has 0 bridgehead atoms. The molecular formula is C22H31N3O. The smallest absolute Gasteiger partial charge is 0.243 e. The maximum atomic E-state index is 12.9. The number of hydrogen-bond donors (Lipinski definition) is 1. The zero-order valence-electron chi connectivity index (χ0n) is 16.0. The largest absolute Gasteiger partial charge is 0.351 e. The van der Waals surface area contributed by atoms with E-state index in [-0.39, 0.29) is 11.9 Å². The van der Waals surface area contributed by atoms with Crippen molar-refractivity contribution in [3.05, 3.63) is 60.4 Å². The predicted molar refractivity (Wildman–Crippen MR) is 106 cm³/mol. The number of rotatable bonds is 7. The Morgan fingerprint density at radius 2 is 1.73 bits per heavy atom. The van der Waals surface area contributed by atoms with Gasteiger partial charge in [-0.3, -0.25) is 9.69 Å². The van der Waals surface area contributed by atoms with Crippen LogP contribution < -0.4 is 5.32 Å². The lowest BCUT2D eigenvalue weighted by molar-refractivity contribution is -0.125. The molecule has 1 amide bonds. The van der Waals surface area contributed by atoms with Gasteiger partial charge < -0.3 is 9.88 Å². The number of carbonyl (C=O) groups excluding carboxylic acids is 1. The zero-order valence-corrected chi connectivity index (χ0v) is 16.0. The Morgan fingerprint density at radius 1 is 1.08 bits per heavy atom. The topological polar surface area (TPSA) is 37.3 Å². The lowest BCUT2D eigenvalue weighted by Gasteiger charge is -2.33. The van der Waals surface area contributed by atoms with Crippen molar-refractivity contribution in [3.8, 4) is 0 Å². The van der Waals surface area contributed by atoms with Gasteiger partial charge in [0.15, 0.2) is 0 Å². The lowest BCUT2D eigenvalue weighted by Crippen LogP contribution is -2.46. The Kier molecular flexibility index (Phi) is 6.51. The maximum absolute atomic E-state index is 12.9. The minimum Gasteiger partial charge on any atom is -0.351 e. The number of piperidine rings is 1. The van der Waals surface area contributed by atoms with Gasteiger partial charge in [0.25, 0.3) is 0 Å². The zero-order chi connectivity index (χ0) is 18.4. The number of nitrogens with zero attached hydrogens (tertiary/aromatic N) is 2. The Hall–Kier alpha value is -2.07. The molecule has 1 aromatic heterocycles. The van der Waals surface area contributed by atoms with Crippen LogP contribution in [0.2, 0.25) is 0 Å². The number of benzene rings is 1. The van der Waals surface area contributed by atoms with Crippen molar-refractivity contribution < 1.29 is 4.79 Å². The fourth-order valence-electron chi connectivity index (χ4n) is 3.74. The highest BCUT2D eigenvalue weighted by molar-refractivity contribution is 5.80. The van der Waals surface area contributed by atoms with Gasteiger partial charge in [0.1, 0.15) is 6.04 Å². The van der Waals surface area contributed by atoms with Crippen LogP contribution in [0.1, 0.15) is 44.7 Å². The van der Waals surface area contributed by atoms with E-state index < -0.39 is 0 Å². The Balaban J connectivity index is 1.50. The molecular weight excluding hydrogens is 322 g/mol. The second-order valence-electron chi connectivity index (χ2n) is 7.82. The fraction of sp³-hybridized carbons (Fsp3) is 0.500. The van der Waals surface area contributed by atoms with Crippen LogP contribution in [0.25, 0.3) is 0 Å². The summed E-state index contributed by atoms with van der Waals surface area (Å²) in [6.45, 7) is 7.43. The predicted octanol–water partition coefficient (Wildman–Crippen LogP) is 3.86. The van der Waals surface area contributed by atoms with Gasteiger partial charge in [0.05, 0.1) is 0 Å². The molecule has 1 aromatic carbocycles. The third-order valence-corrected chi connectivity index (χ3v) is 5.17. The van der Waals surface area contributed by atoms with Crippen molar-refractivity contribution in [1.29, 1.82) is 0 Å².